The van der Waals surface area contributed by atoms with Crippen LogP contribution in [0.4, 0.5) is 0 Å². The molecule has 152 valence electrons. The number of thioether (sulfide) groups is 1. The van der Waals surface area contributed by atoms with Crippen LogP contribution in [-0.4, -0.2) is 22.0 Å². The van der Waals surface area contributed by atoms with Gasteiger partial charge in [0.05, 0.1) is 17.1 Å². The van der Waals surface area contributed by atoms with Gasteiger partial charge in [0, 0.05) is 21.7 Å². The number of fused-ring (bicyclic) bond motifs is 1. The maximum Gasteiger partial charge on any atom is 0.338 e. The molecule has 2 heterocycles. The highest BCUT2D eigenvalue weighted by Crippen LogP contribution is 2.38. The molecule has 0 N–H and O–H groups in total. The van der Waals surface area contributed by atoms with Gasteiger partial charge < -0.3 is 4.74 Å². The maximum absolute atomic E-state index is 12.0. The zero-order valence-corrected chi connectivity index (χ0v) is 18.9. The first-order chi connectivity index (χ1) is 14.5. The van der Waals surface area contributed by atoms with Crippen LogP contribution < -0.4 is 0 Å². The number of rotatable bonds is 6. The largest absolute Gasteiger partial charge is 0.459 e. The van der Waals surface area contributed by atoms with Gasteiger partial charge in [-0.2, -0.15) is 0 Å². The fourth-order valence-electron chi connectivity index (χ4n) is 2.97. The first-order valence-electron chi connectivity index (χ1n) is 9.42. The highest BCUT2D eigenvalue weighted by Gasteiger charge is 2.14. The fraction of sp³-hybridized carbons (Fsp3) is 0.174. The van der Waals surface area contributed by atoms with E-state index in [-0.39, 0.29) is 12.1 Å². The van der Waals surface area contributed by atoms with Gasteiger partial charge in [-0.15, -0.1) is 23.1 Å². The summed E-state index contributed by atoms with van der Waals surface area (Å²) in [5.41, 5.74) is 3.87. The van der Waals surface area contributed by atoms with Crippen molar-refractivity contribution in [2.45, 2.75) is 30.7 Å². The number of thiophene rings is 1. The zero-order chi connectivity index (χ0) is 21.1. The van der Waals surface area contributed by atoms with Gasteiger partial charge in [-0.1, -0.05) is 35.9 Å². The fourth-order valence-corrected chi connectivity index (χ4v) is 5.04. The van der Waals surface area contributed by atoms with Crippen LogP contribution in [0, 0.1) is 0 Å². The van der Waals surface area contributed by atoms with E-state index in [0.29, 0.717) is 10.6 Å². The van der Waals surface area contributed by atoms with E-state index in [2.05, 4.69) is 15.3 Å². The second-order valence-corrected chi connectivity index (χ2v) is 9.21. The van der Waals surface area contributed by atoms with Crippen LogP contribution in [0.25, 0.3) is 21.3 Å². The molecule has 7 heteroatoms. The van der Waals surface area contributed by atoms with Crippen LogP contribution in [0.3, 0.4) is 0 Å². The molecule has 0 unspecified atom stereocenters. The predicted octanol–water partition coefficient (Wildman–Crippen LogP) is 6.87. The Bertz CT molecular complexity index is 1170. The Balaban J connectivity index is 1.55. The molecule has 0 bridgehead atoms. The van der Waals surface area contributed by atoms with Gasteiger partial charge in [0.15, 0.2) is 0 Å². The summed E-state index contributed by atoms with van der Waals surface area (Å²) in [6.07, 6.45) is 1.48. The molecule has 0 amide bonds. The molecule has 4 aromatic rings. The molecule has 2 aromatic carbocycles. The van der Waals surface area contributed by atoms with Gasteiger partial charge in [0.25, 0.3) is 0 Å². The summed E-state index contributed by atoms with van der Waals surface area (Å²) in [5.74, 6) is 0.439. The number of nitrogens with zero attached hydrogens (tertiary/aromatic N) is 2. The topological polar surface area (TPSA) is 52.1 Å². The normalized spacial score (nSPS) is 11.2. The smallest absolute Gasteiger partial charge is 0.338 e. The molecule has 2 aromatic heterocycles. The van der Waals surface area contributed by atoms with E-state index in [9.17, 15) is 4.79 Å². The molecule has 0 spiro atoms. The number of carbonyl (C=O) groups excluding carboxylic acids is 1. The SMILES string of the molecule is CC(C)OC(=O)c1ccc(CSc2ncnc3scc(-c4ccc(Cl)cc4)c23)cc1. The number of ether oxygens (including phenoxy) is 1. The van der Waals surface area contributed by atoms with Crippen molar-refractivity contribution in [1.29, 1.82) is 0 Å². The Labute approximate surface area is 188 Å². The van der Waals surface area contributed by atoms with Gasteiger partial charge in [-0.25, -0.2) is 14.8 Å². The number of aromatic nitrogens is 2. The van der Waals surface area contributed by atoms with Gasteiger partial charge in [-0.05, 0) is 49.2 Å². The minimum atomic E-state index is -0.299. The first kappa shape index (κ1) is 20.8. The van der Waals surface area contributed by atoms with Crippen molar-refractivity contribution in [3.63, 3.8) is 0 Å². The third-order valence-corrected chi connectivity index (χ3v) is 6.60. The highest BCUT2D eigenvalue weighted by molar-refractivity contribution is 7.98. The molecular formula is C23H19ClN2O2S2. The molecule has 0 aliphatic carbocycles. The molecule has 30 heavy (non-hydrogen) atoms. The van der Waals surface area contributed by atoms with Crippen LogP contribution in [0.2, 0.25) is 5.02 Å². The van der Waals surface area contributed by atoms with Crippen molar-refractivity contribution in [3.8, 4) is 11.1 Å². The lowest BCUT2D eigenvalue weighted by atomic mass is 10.1. The number of benzene rings is 2. The maximum atomic E-state index is 12.0. The van der Waals surface area contributed by atoms with E-state index in [1.165, 1.54) is 0 Å². The van der Waals surface area contributed by atoms with Gasteiger partial charge in [0.1, 0.15) is 16.2 Å². The average Bonchev–Trinajstić information content (AvgIpc) is 3.17. The minimum Gasteiger partial charge on any atom is -0.459 e. The lowest BCUT2D eigenvalue weighted by molar-refractivity contribution is 0.0378. The third kappa shape index (κ3) is 4.67. The van der Waals surface area contributed by atoms with Crippen molar-refractivity contribution in [2.75, 3.05) is 0 Å². The molecule has 4 nitrogen and oxygen atoms in total. The molecule has 0 aliphatic rings. The molecule has 4 rings (SSSR count). The van der Waals surface area contributed by atoms with Crippen LogP contribution in [0.5, 0.6) is 0 Å². The summed E-state index contributed by atoms with van der Waals surface area (Å²) in [6, 6.07) is 15.3. The van der Waals surface area contributed by atoms with Crippen molar-refractivity contribution in [2.24, 2.45) is 0 Å². The standard InChI is InChI=1S/C23H19ClN2O2S2/c1-14(2)28-23(27)17-5-3-15(4-6-17)11-29-21-20-19(12-30-22(20)26-13-25-21)16-7-9-18(24)10-8-16/h3-10,12-14H,11H2,1-2H3. The van der Waals surface area contributed by atoms with E-state index in [1.807, 2.05) is 50.2 Å². The summed E-state index contributed by atoms with van der Waals surface area (Å²) in [7, 11) is 0. The summed E-state index contributed by atoms with van der Waals surface area (Å²) in [4.78, 5) is 21.9. The Kier molecular flexibility index (Phi) is 6.37. The van der Waals surface area contributed by atoms with Crippen LogP contribution in [0.15, 0.2) is 65.3 Å². The quantitative estimate of drug-likeness (QED) is 0.181. The molecule has 0 radical (unpaired) electrons. The summed E-state index contributed by atoms with van der Waals surface area (Å²) < 4.78 is 5.24. The van der Waals surface area contributed by atoms with Gasteiger partial charge >= 0.3 is 5.97 Å². The number of esters is 1. The van der Waals surface area contributed by atoms with Crippen LogP contribution >= 0.6 is 34.7 Å². The van der Waals surface area contributed by atoms with E-state index in [1.54, 1.807) is 41.6 Å². The zero-order valence-electron chi connectivity index (χ0n) is 16.5. The number of hydrogen-bond donors (Lipinski definition) is 0. The van der Waals surface area contributed by atoms with Crippen LogP contribution in [0.1, 0.15) is 29.8 Å². The molecular weight excluding hydrogens is 436 g/mol. The van der Waals surface area contributed by atoms with Gasteiger partial charge in [0.2, 0.25) is 0 Å². The predicted molar refractivity (Wildman–Crippen MR) is 124 cm³/mol. The van der Waals surface area contributed by atoms with E-state index >= 15 is 0 Å². The third-order valence-electron chi connectivity index (χ3n) is 4.40. The summed E-state index contributed by atoms with van der Waals surface area (Å²) >= 11 is 9.31. The number of hydrogen-bond acceptors (Lipinski definition) is 6. The Morgan fingerprint density at radius 1 is 1.10 bits per heavy atom. The molecule has 0 fully saturated rings. The van der Waals surface area contributed by atoms with Crippen molar-refractivity contribution in [3.05, 3.63) is 76.4 Å². The van der Waals surface area contributed by atoms with Crippen molar-refractivity contribution in [1.82, 2.24) is 9.97 Å². The lowest BCUT2D eigenvalue weighted by Gasteiger charge is -2.09. The Hall–Kier alpha value is -2.41. The summed E-state index contributed by atoms with van der Waals surface area (Å²) in [6.45, 7) is 3.68. The summed E-state index contributed by atoms with van der Waals surface area (Å²) in [5, 5.41) is 4.83. The van der Waals surface area contributed by atoms with Crippen molar-refractivity contribution >= 4 is 50.9 Å². The molecule has 0 atom stereocenters. The van der Waals surface area contributed by atoms with Gasteiger partial charge in [-0.3, -0.25) is 0 Å². The van der Waals surface area contributed by atoms with E-state index in [0.717, 1.165) is 37.7 Å². The number of halogens is 1. The van der Waals surface area contributed by atoms with Crippen molar-refractivity contribution < 1.29 is 9.53 Å². The number of carbonyl (C=O) groups is 1. The molecule has 0 saturated carbocycles. The average molecular weight is 455 g/mol. The minimum absolute atomic E-state index is 0.131. The first-order valence-corrected chi connectivity index (χ1v) is 11.7. The molecule has 0 saturated heterocycles. The monoisotopic (exact) mass is 454 g/mol. The second kappa shape index (κ2) is 9.16. The Morgan fingerprint density at radius 2 is 1.83 bits per heavy atom. The second-order valence-electron chi connectivity index (χ2n) is 6.95. The van der Waals surface area contributed by atoms with E-state index in [4.69, 9.17) is 16.3 Å². The Morgan fingerprint density at radius 3 is 2.53 bits per heavy atom. The lowest BCUT2D eigenvalue weighted by Crippen LogP contribution is -2.11. The van der Waals surface area contributed by atoms with Crippen LogP contribution in [-0.2, 0) is 10.5 Å². The van der Waals surface area contributed by atoms with E-state index < -0.39 is 0 Å². The molecule has 0 aliphatic heterocycles. The highest BCUT2D eigenvalue weighted by atomic mass is 35.5.